The van der Waals surface area contributed by atoms with E-state index in [9.17, 15) is 4.79 Å². The normalized spacial score (nSPS) is 10.3. The molecule has 0 saturated carbocycles. The molecule has 0 aliphatic heterocycles. The molecule has 0 bridgehead atoms. The maximum atomic E-state index is 10.9. The molecular weight excluding hydrogens is 234 g/mol. The van der Waals surface area contributed by atoms with Gasteiger partial charge in [-0.2, -0.15) is 0 Å². The lowest BCUT2D eigenvalue weighted by Crippen LogP contribution is -2.16. The van der Waals surface area contributed by atoms with Crippen molar-refractivity contribution in [3.05, 3.63) is 59.2 Å². The van der Waals surface area contributed by atoms with Crippen molar-refractivity contribution in [2.45, 2.75) is 20.8 Å². The van der Waals surface area contributed by atoms with Gasteiger partial charge in [0.05, 0.1) is 0 Å². The SMILES string of the molecule is CCN(c1cccc(C)c1)c1ccc(C=O)c(C)c1. The Kier molecular flexibility index (Phi) is 4.00. The Morgan fingerprint density at radius 3 is 2.37 bits per heavy atom. The molecule has 0 unspecified atom stereocenters. The zero-order valence-corrected chi connectivity index (χ0v) is 11.7. The molecule has 2 nitrogen and oxygen atoms in total. The Labute approximate surface area is 114 Å². The van der Waals surface area contributed by atoms with Crippen LogP contribution in [0, 0.1) is 13.8 Å². The Morgan fingerprint density at radius 2 is 1.79 bits per heavy atom. The fraction of sp³-hybridized carbons (Fsp3) is 0.235. The van der Waals surface area contributed by atoms with Crippen LogP contribution in [-0.2, 0) is 0 Å². The summed E-state index contributed by atoms with van der Waals surface area (Å²) < 4.78 is 0. The summed E-state index contributed by atoms with van der Waals surface area (Å²) in [5.74, 6) is 0. The number of rotatable bonds is 4. The summed E-state index contributed by atoms with van der Waals surface area (Å²) in [7, 11) is 0. The van der Waals surface area contributed by atoms with Crippen molar-refractivity contribution in [3.63, 3.8) is 0 Å². The number of hydrogen-bond donors (Lipinski definition) is 0. The number of carbonyl (C=O) groups excluding carboxylic acids is 1. The van der Waals surface area contributed by atoms with E-state index in [1.165, 1.54) is 11.3 Å². The smallest absolute Gasteiger partial charge is 0.150 e. The molecule has 0 aromatic heterocycles. The van der Waals surface area contributed by atoms with E-state index in [-0.39, 0.29) is 0 Å². The lowest BCUT2D eigenvalue weighted by atomic mass is 10.1. The first-order chi connectivity index (χ1) is 9.15. The average molecular weight is 253 g/mol. The van der Waals surface area contributed by atoms with Gasteiger partial charge in [0.25, 0.3) is 0 Å². The summed E-state index contributed by atoms with van der Waals surface area (Å²) in [6.45, 7) is 7.09. The van der Waals surface area contributed by atoms with Gasteiger partial charge in [0.15, 0.2) is 0 Å². The molecule has 0 atom stereocenters. The van der Waals surface area contributed by atoms with Crippen LogP contribution in [0.2, 0.25) is 0 Å². The topological polar surface area (TPSA) is 20.3 Å². The molecule has 0 heterocycles. The third-order valence-electron chi connectivity index (χ3n) is 3.32. The fourth-order valence-corrected chi connectivity index (χ4v) is 2.27. The van der Waals surface area contributed by atoms with E-state index >= 15 is 0 Å². The van der Waals surface area contributed by atoms with Gasteiger partial charge in [-0.1, -0.05) is 12.1 Å². The third-order valence-corrected chi connectivity index (χ3v) is 3.32. The summed E-state index contributed by atoms with van der Waals surface area (Å²) in [4.78, 5) is 13.1. The molecule has 0 radical (unpaired) electrons. The first kappa shape index (κ1) is 13.3. The minimum atomic E-state index is 0.754. The molecule has 0 N–H and O–H groups in total. The van der Waals surface area contributed by atoms with Gasteiger partial charge in [-0.15, -0.1) is 0 Å². The molecule has 2 rings (SSSR count). The van der Waals surface area contributed by atoms with E-state index in [2.05, 4.69) is 49.1 Å². The van der Waals surface area contributed by atoms with E-state index in [1.807, 2.05) is 19.1 Å². The van der Waals surface area contributed by atoms with Crippen LogP contribution in [0.25, 0.3) is 0 Å². The Morgan fingerprint density at radius 1 is 1.05 bits per heavy atom. The highest BCUT2D eigenvalue weighted by molar-refractivity contribution is 5.79. The van der Waals surface area contributed by atoms with E-state index in [0.29, 0.717) is 0 Å². The van der Waals surface area contributed by atoms with Gasteiger partial charge in [-0.25, -0.2) is 0 Å². The van der Waals surface area contributed by atoms with Crippen molar-refractivity contribution in [1.82, 2.24) is 0 Å². The molecule has 0 fully saturated rings. The maximum absolute atomic E-state index is 10.9. The lowest BCUT2D eigenvalue weighted by molar-refractivity contribution is 0.112. The van der Waals surface area contributed by atoms with Crippen LogP contribution in [0.1, 0.15) is 28.4 Å². The van der Waals surface area contributed by atoms with Crippen molar-refractivity contribution in [3.8, 4) is 0 Å². The lowest BCUT2D eigenvalue weighted by Gasteiger charge is -2.24. The van der Waals surface area contributed by atoms with Crippen LogP contribution in [0.3, 0.4) is 0 Å². The monoisotopic (exact) mass is 253 g/mol. The minimum Gasteiger partial charge on any atom is -0.342 e. The molecule has 2 heteroatoms. The number of aryl methyl sites for hydroxylation is 2. The molecule has 2 aromatic carbocycles. The predicted molar refractivity (Wildman–Crippen MR) is 80.4 cm³/mol. The second kappa shape index (κ2) is 5.70. The second-order valence-corrected chi connectivity index (χ2v) is 4.74. The molecule has 0 saturated heterocycles. The Hall–Kier alpha value is -2.09. The van der Waals surface area contributed by atoms with Gasteiger partial charge < -0.3 is 4.90 Å². The fourth-order valence-electron chi connectivity index (χ4n) is 2.27. The van der Waals surface area contributed by atoms with Gasteiger partial charge in [0, 0.05) is 23.5 Å². The molecule has 2 aromatic rings. The molecule has 0 aliphatic rings. The summed E-state index contributed by atoms with van der Waals surface area (Å²) in [6.07, 6.45) is 0.905. The summed E-state index contributed by atoms with van der Waals surface area (Å²) in [5.41, 5.74) is 5.32. The number of benzene rings is 2. The van der Waals surface area contributed by atoms with Crippen molar-refractivity contribution in [1.29, 1.82) is 0 Å². The largest absolute Gasteiger partial charge is 0.342 e. The molecule has 0 amide bonds. The zero-order valence-electron chi connectivity index (χ0n) is 11.7. The average Bonchev–Trinajstić information content (AvgIpc) is 2.40. The van der Waals surface area contributed by atoms with Gasteiger partial charge >= 0.3 is 0 Å². The number of hydrogen-bond acceptors (Lipinski definition) is 2. The van der Waals surface area contributed by atoms with Gasteiger partial charge in [-0.3, -0.25) is 4.79 Å². The Bertz CT molecular complexity index is 590. The van der Waals surface area contributed by atoms with E-state index in [4.69, 9.17) is 0 Å². The Balaban J connectivity index is 2.42. The van der Waals surface area contributed by atoms with Crippen LogP contribution in [0.4, 0.5) is 11.4 Å². The second-order valence-electron chi connectivity index (χ2n) is 4.74. The van der Waals surface area contributed by atoms with Crippen molar-refractivity contribution >= 4 is 17.7 Å². The summed E-state index contributed by atoms with van der Waals surface area (Å²) >= 11 is 0. The number of carbonyl (C=O) groups is 1. The summed E-state index contributed by atoms with van der Waals surface area (Å²) in [5, 5.41) is 0. The highest BCUT2D eigenvalue weighted by atomic mass is 16.1. The van der Waals surface area contributed by atoms with E-state index in [1.54, 1.807) is 0 Å². The first-order valence-corrected chi connectivity index (χ1v) is 6.55. The molecular formula is C17H19NO. The van der Waals surface area contributed by atoms with Crippen molar-refractivity contribution in [2.24, 2.45) is 0 Å². The minimum absolute atomic E-state index is 0.754. The van der Waals surface area contributed by atoms with E-state index in [0.717, 1.165) is 29.6 Å². The van der Waals surface area contributed by atoms with E-state index < -0.39 is 0 Å². The predicted octanol–water partition coefficient (Wildman–Crippen LogP) is 4.27. The summed E-state index contributed by atoms with van der Waals surface area (Å²) in [6, 6.07) is 14.4. The number of nitrogens with zero attached hydrogens (tertiary/aromatic N) is 1. The molecule has 0 aliphatic carbocycles. The van der Waals surface area contributed by atoms with Gasteiger partial charge in [0.1, 0.15) is 6.29 Å². The quantitative estimate of drug-likeness (QED) is 0.758. The molecule has 19 heavy (non-hydrogen) atoms. The number of aldehydes is 1. The van der Waals surface area contributed by atoms with Crippen LogP contribution in [0.5, 0.6) is 0 Å². The maximum Gasteiger partial charge on any atom is 0.150 e. The zero-order chi connectivity index (χ0) is 13.8. The van der Waals surface area contributed by atoms with Gasteiger partial charge in [0.2, 0.25) is 0 Å². The molecule has 0 spiro atoms. The van der Waals surface area contributed by atoms with Crippen LogP contribution < -0.4 is 4.90 Å². The standard InChI is InChI=1S/C17H19NO/c1-4-18(16-7-5-6-13(2)10-16)17-9-8-15(12-19)14(3)11-17/h5-12H,4H2,1-3H3. The number of anilines is 2. The van der Waals surface area contributed by atoms with Gasteiger partial charge in [-0.05, 0) is 62.2 Å². The van der Waals surface area contributed by atoms with Crippen LogP contribution in [-0.4, -0.2) is 12.8 Å². The van der Waals surface area contributed by atoms with Crippen LogP contribution in [0.15, 0.2) is 42.5 Å². The first-order valence-electron chi connectivity index (χ1n) is 6.55. The van der Waals surface area contributed by atoms with Crippen molar-refractivity contribution in [2.75, 3.05) is 11.4 Å². The highest BCUT2D eigenvalue weighted by Gasteiger charge is 2.08. The highest BCUT2D eigenvalue weighted by Crippen LogP contribution is 2.27. The molecule has 98 valence electrons. The van der Waals surface area contributed by atoms with Crippen LogP contribution >= 0.6 is 0 Å². The van der Waals surface area contributed by atoms with Crippen molar-refractivity contribution < 1.29 is 4.79 Å². The third kappa shape index (κ3) is 2.84.